The summed E-state index contributed by atoms with van der Waals surface area (Å²) in [7, 11) is 0. The highest BCUT2D eigenvalue weighted by molar-refractivity contribution is 5.37. The minimum Gasteiger partial charge on any atom is -0.395 e. The topological polar surface area (TPSA) is 46.2 Å². The molecule has 0 saturated carbocycles. The Morgan fingerprint density at radius 2 is 1.73 bits per heavy atom. The Labute approximate surface area is 92.1 Å². The van der Waals surface area contributed by atoms with E-state index in [2.05, 4.69) is 32.9 Å². The second kappa shape index (κ2) is 5.29. The molecule has 1 aromatic rings. The van der Waals surface area contributed by atoms with Gasteiger partial charge in [0.05, 0.1) is 6.61 Å². The lowest BCUT2D eigenvalue weighted by Crippen LogP contribution is -2.25. The van der Waals surface area contributed by atoms with Crippen molar-refractivity contribution in [1.82, 2.24) is 0 Å². The molecule has 0 radical (unpaired) electrons. The van der Waals surface area contributed by atoms with E-state index in [1.165, 1.54) is 22.3 Å². The van der Waals surface area contributed by atoms with Crippen molar-refractivity contribution in [1.29, 1.82) is 0 Å². The maximum absolute atomic E-state index is 8.87. The molecule has 2 nitrogen and oxygen atoms in total. The van der Waals surface area contributed by atoms with Gasteiger partial charge in [0.25, 0.3) is 0 Å². The molecule has 84 valence electrons. The van der Waals surface area contributed by atoms with Crippen molar-refractivity contribution >= 4 is 0 Å². The first-order valence-corrected chi connectivity index (χ1v) is 5.47. The molecule has 0 saturated heterocycles. The van der Waals surface area contributed by atoms with Crippen molar-refractivity contribution < 1.29 is 5.11 Å². The Balaban J connectivity index is 2.77. The number of aliphatic hydroxyl groups is 1. The van der Waals surface area contributed by atoms with E-state index in [1.807, 2.05) is 0 Å². The predicted octanol–water partition coefficient (Wildman–Crippen LogP) is 1.86. The largest absolute Gasteiger partial charge is 0.395 e. The fraction of sp³-hybridized carbons (Fsp3) is 0.538. The first kappa shape index (κ1) is 12.2. The summed E-state index contributed by atoms with van der Waals surface area (Å²) in [5, 5.41) is 8.87. The van der Waals surface area contributed by atoms with Gasteiger partial charge in [-0.2, -0.15) is 0 Å². The third kappa shape index (κ3) is 3.33. The van der Waals surface area contributed by atoms with Crippen LogP contribution in [0.3, 0.4) is 0 Å². The van der Waals surface area contributed by atoms with Crippen LogP contribution in [0.5, 0.6) is 0 Å². The zero-order valence-corrected chi connectivity index (χ0v) is 9.88. The van der Waals surface area contributed by atoms with Crippen LogP contribution in [0.1, 0.15) is 28.7 Å². The zero-order valence-electron chi connectivity index (χ0n) is 9.88. The van der Waals surface area contributed by atoms with Gasteiger partial charge in [-0.05, 0) is 50.3 Å². The average Bonchev–Trinajstić information content (AvgIpc) is 2.15. The summed E-state index contributed by atoms with van der Waals surface area (Å²) in [4.78, 5) is 0. The molecular formula is C13H21NO. The normalized spacial score (nSPS) is 12.9. The van der Waals surface area contributed by atoms with Gasteiger partial charge < -0.3 is 10.8 Å². The second-order valence-electron chi connectivity index (χ2n) is 4.36. The maximum Gasteiger partial charge on any atom is 0.0582 e. The quantitative estimate of drug-likeness (QED) is 0.791. The molecule has 0 bridgehead atoms. The molecule has 3 N–H and O–H groups in total. The Morgan fingerprint density at radius 3 is 2.20 bits per heavy atom. The first-order chi connectivity index (χ1) is 7.04. The third-order valence-electron chi connectivity index (χ3n) is 2.84. The highest BCUT2D eigenvalue weighted by atomic mass is 16.3. The molecule has 1 rings (SSSR count). The van der Waals surface area contributed by atoms with Crippen LogP contribution in [-0.2, 0) is 6.42 Å². The van der Waals surface area contributed by atoms with E-state index >= 15 is 0 Å². The zero-order chi connectivity index (χ0) is 11.4. The molecule has 0 fully saturated rings. The first-order valence-electron chi connectivity index (χ1n) is 5.47. The molecule has 0 aliphatic rings. The fourth-order valence-corrected chi connectivity index (χ4v) is 2.03. The summed E-state index contributed by atoms with van der Waals surface area (Å²) in [6.45, 7) is 6.47. The molecule has 0 aromatic heterocycles. The number of benzene rings is 1. The van der Waals surface area contributed by atoms with E-state index in [4.69, 9.17) is 10.8 Å². The van der Waals surface area contributed by atoms with Crippen LogP contribution in [0, 0.1) is 20.8 Å². The molecule has 1 atom stereocenters. The van der Waals surface area contributed by atoms with Gasteiger partial charge in [0.1, 0.15) is 0 Å². The van der Waals surface area contributed by atoms with Crippen molar-refractivity contribution in [3.05, 3.63) is 34.4 Å². The molecule has 0 aliphatic heterocycles. The van der Waals surface area contributed by atoms with Gasteiger partial charge in [0.15, 0.2) is 0 Å². The van der Waals surface area contributed by atoms with Gasteiger partial charge in [-0.3, -0.25) is 0 Å². The Kier molecular flexibility index (Phi) is 4.30. The molecule has 0 aliphatic carbocycles. The fourth-order valence-electron chi connectivity index (χ4n) is 2.03. The van der Waals surface area contributed by atoms with Crippen molar-refractivity contribution in [3.8, 4) is 0 Å². The average molecular weight is 207 g/mol. The van der Waals surface area contributed by atoms with Gasteiger partial charge in [-0.15, -0.1) is 0 Å². The van der Waals surface area contributed by atoms with Crippen LogP contribution >= 0.6 is 0 Å². The van der Waals surface area contributed by atoms with Crippen LogP contribution < -0.4 is 5.73 Å². The minimum absolute atomic E-state index is 0.0734. The molecule has 1 unspecified atom stereocenters. The molecular weight excluding hydrogens is 186 g/mol. The molecule has 15 heavy (non-hydrogen) atoms. The van der Waals surface area contributed by atoms with Crippen molar-refractivity contribution in [2.45, 2.75) is 39.7 Å². The summed E-state index contributed by atoms with van der Waals surface area (Å²) >= 11 is 0. The van der Waals surface area contributed by atoms with Crippen molar-refractivity contribution in [3.63, 3.8) is 0 Å². The molecule has 2 heteroatoms. The molecule has 1 aromatic carbocycles. The number of hydrogen-bond donors (Lipinski definition) is 2. The van der Waals surface area contributed by atoms with Crippen LogP contribution in [0.15, 0.2) is 12.1 Å². The van der Waals surface area contributed by atoms with Crippen LogP contribution in [0.25, 0.3) is 0 Å². The van der Waals surface area contributed by atoms with E-state index in [9.17, 15) is 0 Å². The summed E-state index contributed by atoms with van der Waals surface area (Å²) in [6.07, 6.45) is 1.81. The minimum atomic E-state index is -0.0925. The maximum atomic E-state index is 8.87. The summed E-state index contributed by atoms with van der Waals surface area (Å²) in [6, 6.07) is 4.31. The van der Waals surface area contributed by atoms with E-state index in [1.54, 1.807) is 0 Å². The van der Waals surface area contributed by atoms with Gasteiger partial charge in [0, 0.05) is 6.04 Å². The summed E-state index contributed by atoms with van der Waals surface area (Å²) in [5.74, 6) is 0. The van der Waals surface area contributed by atoms with Crippen molar-refractivity contribution in [2.24, 2.45) is 5.73 Å². The van der Waals surface area contributed by atoms with E-state index < -0.39 is 0 Å². The van der Waals surface area contributed by atoms with Crippen LogP contribution in [-0.4, -0.2) is 17.8 Å². The summed E-state index contributed by atoms with van der Waals surface area (Å²) < 4.78 is 0. The Bertz CT molecular complexity index is 310. The van der Waals surface area contributed by atoms with Crippen LogP contribution in [0.2, 0.25) is 0 Å². The predicted molar refractivity (Wildman–Crippen MR) is 64.0 cm³/mol. The monoisotopic (exact) mass is 207 g/mol. The number of nitrogens with two attached hydrogens (primary N) is 1. The SMILES string of the molecule is Cc1cc(C)c(CCC(N)CO)c(C)c1. The lowest BCUT2D eigenvalue weighted by atomic mass is 9.95. The Morgan fingerprint density at radius 1 is 1.20 bits per heavy atom. The third-order valence-corrected chi connectivity index (χ3v) is 2.84. The number of aliphatic hydroxyl groups excluding tert-OH is 1. The van der Waals surface area contributed by atoms with E-state index in [0.717, 1.165) is 12.8 Å². The lowest BCUT2D eigenvalue weighted by Gasteiger charge is -2.13. The van der Waals surface area contributed by atoms with Crippen molar-refractivity contribution in [2.75, 3.05) is 6.61 Å². The highest BCUT2D eigenvalue weighted by Gasteiger charge is 2.06. The number of hydrogen-bond acceptors (Lipinski definition) is 2. The van der Waals surface area contributed by atoms with Gasteiger partial charge in [0.2, 0.25) is 0 Å². The lowest BCUT2D eigenvalue weighted by molar-refractivity contribution is 0.260. The standard InChI is InChI=1S/C13H21NO/c1-9-6-10(2)13(11(3)7-9)5-4-12(14)8-15/h6-7,12,15H,4-5,8,14H2,1-3H3. The highest BCUT2D eigenvalue weighted by Crippen LogP contribution is 2.18. The van der Waals surface area contributed by atoms with Gasteiger partial charge in [-0.1, -0.05) is 17.7 Å². The molecule has 0 heterocycles. The number of rotatable bonds is 4. The van der Waals surface area contributed by atoms with Gasteiger partial charge >= 0.3 is 0 Å². The smallest absolute Gasteiger partial charge is 0.0582 e. The number of aryl methyl sites for hydroxylation is 3. The Hall–Kier alpha value is -0.860. The van der Waals surface area contributed by atoms with E-state index in [-0.39, 0.29) is 12.6 Å². The summed E-state index contributed by atoms with van der Waals surface area (Å²) in [5.41, 5.74) is 11.0. The van der Waals surface area contributed by atoms with Crippen LogP contribution in [0.4, 0.5) is 0 Å². The molecule has 0 spiro atoms. The van der Waals surface area contributed by atoms with Gasteiger partial charge in [-0.25, -0.2) is 0 Å². The van der Waals surface area contributed by atoms with E-state index in [0.29, 0.717) is 0 Å². The molecule has 0 amide bonds. The second-order valence-corrected chi connectivity index (χ2v) is 4.36.